The standard InChI is InChI=1S/C15H22N2O3/c1-17(2)13-8-12(16-9-13)10-20-14-6-4-11(5-7-14)15(18)19-3/h4-7,12-13,16H,8-10H2,1-3H3/t12-,13-/m0/s1. The Morgan fingerprint density at radius 3 is 2.60 bits per heavy atom. The maximum absolute atomic E-state index is 11.3. The molecule has 1 aliphatic rings. The molecule has 110 valence electrons. The lowest BCUT2D eigenvalue weighted by atomic mass is 10.1. The fourth-order valence-electron chi connectivity index (χ4n) is 2.32. The molecular weight excluding hydrogens is 256 g/mol. The minimum Gasteiger partial charge on any atom is -0.492 e. The van der Waals surface area contributed by atoms with Crippen molar-refractivity contribution in [2.24, 2.45) is 0 Å². The predicted molar refractivity (Wildman–Crippen MR) is 77.2 cm³/mol. The predicted octanol–water partition coefficient (Wildman–Crippen LogP) is 1.14. The third-order valence-corrected chi connectivity index (χ3v) is 3.66. The van der Waals surface area contributed by atoms with Crippen molar-refractivity contribution < 1.29 is 14.3 Å². The molecule has 2 rings (SSSR count). The number of benzene rings is 1. The highest BCUT2D eigenvalue weighted by Gasteiger charge is 2.25. The van der Waals surface area contributed by atoms with E-state index < -0.39 is 0 Å². The van der Waals surface area contributed by atoms with Gasteiger partial charge in [-0.3, -0.25) is 0 Å². The summed E-state index contributed by atoms with van der Waals surface area (Å²) in [5.74, 6) is 0.440. The summed E-state index contributed by atoms with van der Waals surface area (Å²) in [7, 11) is 5.57. The fraction of sp³-hybridized carbons (Fsp3) is 0.533. The van der Waals surface area contributed by atoms with Crippen LogP contribution in [-0.2, 0) is 4.74 Å². The van der Waals surface area contributed by atoms with E-state index in [4.69, 9.17) is 4.74 Å². The number of nitrogens with zero attached hydrogens (tertiary/aromatic N) is 1. The lowest BCUT2D eigenvalue weighted by Crippen LogP contribution is -2.29. The molecule has 20 heavy (non-hydrogen) atoms. The van der Waals surface area contributed by atoms with Crippen LogP contribution in [0.25, 0.3) is 0 Å². The zero-order valence-electron chi connectivity index (χ0n) is 12.3. The van der Waals surface area contributed by atoms with Crippen LogP contribution in [0.15, 0.2) is 24.3 Å². The van der Waals surface area contributed by atoms with Gasteiger partial charge in [-0.05, 0) is 44.8 Å². The van der Waals surface area contributed by atoms with Crippen molar-refractivity contribution in [1.29, 1.82) is 0 Å². The smallest absolute Gasteiger partial charge is 0.337 e. The lowest BCUT2D eigenvalue weighted by Gasteiger charge is -2.17. The number of carbonyl (C=O) groups excluding carboxylic acids is 1. The van der Waals surface area contributed by atoms with E-state index in [0.717, 1.165) is 18.7 Å². The first-order valence-electron chi connectivity index (χ1n) is 6.81. The minimum atomic E-state index is -0.331. The van der Waals surface area contributed by atoms with Crippen molar-refractivity contribution in [2.75, 3.05) is 34.4 Å². The number of methoxy groups -OCH3 is 1. The maximum atomic E-state index is 11.3. The molecule has 0 bridgehead atoms. The van der Waals surface area contributed by atoms with Crippen molar-refractivity contribution >= 4 is 5.97 Å². The highest BCUT2D eigenvalue weighted by atomic mass is 16.5. The van der Waals surface area contributed by atoms with Gasteiger partial charge in [-0.15, -0.1) is 0 Å². The van der Waals surface area contributed by atoms with Crippen molar-refractivity contribution in [1.82, 2.24) is 10.2 Å². The second-order valence-corrected chi connectivity index (χ2v) is 5.29. The second kappa shape index (κ2) is 6.72. The summed E-state index contributed by atoms with van der Waals surface area (Å²) < 4.78 is 10.4. The Bertz CT molecular complexity index is 445. The summed E-state index contributed by atoms with van der Waals surface area (Å²) >= 11 is 0. The number of ether oxygens (including phenoxy) is 2. The average Bonchev–Trinajstić information content (AvgIpc) is 2.94. The molecule has 5 nitrogen and oxygen atoms in total. The van der Waals surface area contributed by atoms with Crippen LogP contribution in [0.3, 0.4) is 0 Å². The number of rotatable bonds is 5. The molecule has 1 aliphatic heterocycles. The molecule has 1 aromatic carbocycles. The van der Waals surface area contributed by atoms with Gasteiger partial charge in [0.1, 0.15) is 12.4 Å². The summed E-state index contributed by atoms with van der Waals surface area (Å²) in [6.07, 6.45) is 1.09. The van der Waals surface area contributed by atoms with Gasteiger partial charge in [0.2, 0.25) is 0 Å². The Hall–Kier alpha value is -1.59. The van der Waals surface area contributed by atoms with Gasteiger partial charge in [-0.2, -0.15) is 0 Å². The van der Waals surface area contributed by atoms with Crippen LogP contribution < -0.4 is 10.1 Å². The number of hydrogen-bond donors (Lipinski definition) is 1. The van der Waals surface area contributed by atoms with Gasteiger partial charge < -0.3 is 19.7 Å². The monoisotopic (exact) mass is 278 g/mol. The molecule has 0 aromatic heterocycles. The van der Waals surface area contributed by atoms with Gasteiger partial charge >= 0.3 is 5.97 Å². The number of likely N-dealkylation sites (N-methyl/N-ethyl adjacent to an activating group) is 1. The average molecular weight is 278 g/mol. The normalized spacial score (nSPS) is 22.0. The van der Waals surface area contributed by atoms with Gasteiger partial charge in [0.25, 0.3) is 0 Å². The molecule has 1 N–H and O–H groups in total. The zero-order chi connectivity index (χ0) is 14.5. The number of nitrogens with one attached hydrogen (secondary N) is 1. The molecule has 0 aliphatic carbocycles. The first kappa shape index (κ1) is 14.8. The van der Waals surface area contributed by atoms with E-state index in [1.54, 1.807) is 24.3 Å². The van der Waals surface area contributed by atoms with E-state index in [2.05, 4.69) is 29.0 Å². The summed E-state index contributed by atoms with van der Waals surface area (Å²) in [6.45, 7) is 1.64. The summed E-state index contributed by atoms with van der Waals surface area (Å²) in [5.41, 5.74) is 0.534. The van der Waals surface area contributed by atoms with Crippen LogP contribution in [-0.4, -0.2) is 57.3 Å². The van der Waals surface area contributed by atoms with E-state index in [0.29, 0.717) is 24.3 Å². The van der Waals surface area contributed by atoms with E-state index >= 15 is 0 Å². The molecule has 2 atom stereocenters. The molecule has 0 saturated carbocycles. The van der Waals surface area contributed by atoms with Crippen LogP contribution in [0.1, 0.15) is 16.8 Å². The summed E-state index contributed by atoms with van der Waals surface area (Å²) in [5, 5.41) is 3.46. The van der Waals surface area contributed by atoms with E-state index in [1.165, 1.54) is 7.11 Å². The highest BCUT2D eigenvalue weighted by molar-refractivity contribution is 5.89. The second-order valence-electron chi connectivity index (χ2n) is 5.29. The van der Waals surface area contributed by atoms with Crippen molar-refractivity contribution in [3.05, 3.63) is 29.8 Å². The molecule has 0 amide bonds. The Morgan fingerprint density at radius 1 is 1.35 bits per heavy atom. The quantitative estimate of drug-likeness (QED) is 0.819. The van der Waals surface area contributed by atoms with Crippen molar-refractivity contribution in [3.8, 4) is 5.75 Å². The number of carbonyl (C=O) groups is 1. The third kappa shape index (κ3) is 3.71. The van der Waals surface area contributed by atoms with Crippen molar-refractivity contribution in [3.63, 3.8) is 0 Å². The Balaban J connectivity index is 1.81. The molecule has 1 aromatic rings. The summed E-state index contributed by atoms with van der Waals surface area (Å²) in [6, 6.07) is 7.97. The van der Waals surface area contributed by atoms with Gasteiger partial charge in [-0.25, -0.2) is 4.79 Å². The minimum absolute atomic E-state index is 0.331. The zero-order valence-corrected chi connectivity index (χ0v) is 12.3. The van der Waals surface area contributed by atoms with Crippen molar-refractivity contribution in [2.45, 2.75) is 18.5 Å². The van der Waals surface area contributed by atoms with Crippen LogP contribution in [0.5, 0.6) is 5.75 Å². The highest BCUT2D eigenvalue weighted by Crippen LogP contribution is 2.16. The Kier molecular flexibility index (Phi) is 4.98. The molecule has 1 heterocycles. The Morgan fingerprint density at radius 2 is 2.05 bits per heavy atom. The molecule has 0 radical (unpaired) electrons. The first-order valence-corrected chi connectivity index (χ1v) is 6.81. The SMILES string of the molecule is COC(=O)c1ccc(OC[C@@H]2C[C@H](N(C)C)CN2)cc1. The topological polar surface area (TPSA) is 50.8 Å². The van der Waals surface area contributed by atoms with Gasteiger partial charge in [-0.1, -0.05) is 0 Å². The Labute approximate surface area is 119 Å². The van der Waals surface area contributed by atoms with E-state index in [-0.39, 0.29) is 5.97 Å². The van der Waals surface area contributed by atoms with Crippen LogP contribution in [0.4, 0.5) is 0 Å². The number of hydrogen-bond acceptors (Lipinski definition) is 5. The molecule has 1 fully saturated rings. The maximum Gasteiger partial charge on any atom is 0.337 e. The summed E-state index contributed by atoms with van der Waals surface area (Å²) in [4.78, 5) is 13.5. The first-order chi connectivity index (χ1) is 9.60. The van der Waals surface area contributed by atoms with Gasteiger partial charge in [0.05, 0.1) is 12.7 Å². The fourth-order valence-corrected chi connectivity index (χ4v) is 2.32. The largest absolute Gasteiger partial charge is 0.492 e. The number of esters is 1. The molecular formula is C15H22N2O3. The third-order valence-electron chi connectivity index (χ3n) is 3.66. The molecule has 0 spiro atoms. The van der Waals surface area contributed by atoms with Crippen LogP contribution in [0.2, 0.25) is 0 Å². The van der Waals surface area contributed by atoms with Crippen LogP contribution in [0, 0.1) is 0 Å². The molecule has 5 heteroatoms. The van der Waals surface area contributed by atoms with Gasteiger partial charge in [0.15, 0.2) is 0 Å². The van der Waals surface area contributed by atoms with Gasteiger partial charge in [0, 0.05) is 18.6 Å². The lowest BCUT2D eigenvalue weighted by molar-refractivity contribution is 0.0600. The van der Waals surface area contributed by atoms with E-state index in [9.17, 15) is 4.79 Å². The van der Waals surface area contributed by atoms with Crippen LogP contribution >= 0.6 is 0 Å². The van der Waals surface area contributed by atoms with E-state index in [1.807, 2.05) is 0 Å². The molecule has 1 saturated heterocycles. The molecule has 0 unspecified atom stereocenters.